The van der Waals surface area contributed by atoms with Gasteiger partial charge in [0, 0.05) is 17.0 Å². The Balaban J connectivity index is 1.94. The van der Waals surface area contributed by atoms with Crippen LogP contribution in [0.5, 0.6) is 11.5 Å². The minimum atomic E-state index is -0.698. The van der Waals surface area contributed by atoms with E-state index in [2.05, 4.69) is 0 Å². The third-order valence-corrected chi connectivity index (χ3v) is 3.76. The quantitative estimate of drug-likeness (QED) is 0.910. The van der Waals surface area contributed by atoms with Gasteiger partial charge >= 0.3 is 0 Å². The minimum Gasteiger partial charge on any atom is -0.497 e. The van der Waals surface area contributed by atoms with Gasteiger partial charge in [0.05, 0.1) is 13.2 Å². The molecule has 5 heteroatoms. The molecule has 3 nitrogen and oxygen atoms in total. The molecule has 0 amide bonds. The summed E-state index contributed by atoms with van der Waals surface area (Å²) in [5.74, 6) is 0.805. The molecule has 0 aromatic heterocycles. The van der Waals surface area contributed by atoms with Crippen LogP contribution in [0.15, 0.2) is 36.4 Å². The molecule has 0 saturated heterocycles. The maximum absolute atomic E-state index is 13.5. The highest BCUT2D eigenvalue weighted by atomic mass is 35.5. The fourth-order valence-corrected chi connectivity index (χ4v) is 2.75. The van der Waals surface area contributed by atoms with Crippen LogP contribution in [-0.4, -0.2) is 12.2 Å². The highest BCUT2D eigenvalue weighted by Crippen LogP contribution is 2.42. The molecule has 2 atom stereocenters. The van der Waals surface area contributed by atoms with Crippen LogP contribution in [0, 0.1) is 5.82 Å². The number of ether oxygens (including phenoxy) is 2. The summed E-state index contributed by atoms with van der Waals surface area (Å²) in [6, 6.07) is 9.50. The van der Waals surface area contributed by atoms with Crippen LogP contribution < -0.4 is 9.47 Å². The van der Waals surface area contributed by atoms with Crippen molar-refractivity contribution >= 4 is 11.6 Å². The molecule has 0 aliphatic carbocycles. The van der Waals surface area contributed by atoms with Crippen LogP contribution in [0.2, 0.25) is 5.02 Å². The summed E-state index contributed by atoms with van der Waals surface area (Å²) in [6.07, 6.45) is -0.801. The van der Waals surface area contributed by atoms with E-state index in [4.69, 9.17) is 21.1 Å². The maximum Gasteiger partial charge on any atom is 0.127 e. The average molecular weight is 309 g/mol. The smallest absolute Gasteiger partial charge is 0.127 e. The average Bonchev–Trinajstić information content (AvgIpc) is 2.46. The van der Waals surface area contributed by atoms with E-state index in [-0.39, 0.29) is 0 Å². The van der Waals surface area contributed by atoms with Gasteiger partial charge in [-0.15, -0.1) is 0 Å². The molecule has 1 N–H and O–H groups in total. The molecule has 0 saturated carbocycles. The minimum absolute atomic E-state index is 0.309. The fourth-order valence-electron chi connectivity index (χ4n) is 2.52. The number of halogens is 2. The lowest BCUT2D eigenvalue weighted by Crippen LogP contribution is -2.19. The molecule has 0 bridgehead atoms. The Bertz CT molecular complexity index is 654. The molecule has 0 spiro atoms. The van der Waals surface area contributed by atoms with Crippen molar-refractivity contribution in [1.82, 2.24) is 0 Å². The summed E-state index contributed by atoms with van der Waals surface area (Å²) in [5.41, 5.74) is 1.29. The summed E-state index contributed by atoms with van der Waals surface area (Å²) in [6.45, 7) is 0. The number of aliphatic hydroxyl groups is 1. The second kappa shape index (κ2) is 5.54. The molecule has 21 heavy (non-hydrogen) atoms. The first-order chi connectivity index (χ1) is 10.1. The molecule has 1 aliphatic rings. The van der Waals surface area contributed by atoms with E-state index in [1.54, 1.807) is 31.4 Å². The summed E-state index contributed by atoms with van der Waals surface area (Å²) in [5, 5.41) is 10.6. The number of rotatable bonds is 2. The zero-order valence-corrected chi connectivity index (χ0v) is 12.1. The van der Waals surface area contributed by atoms with Gasteiger partial charge in [0.25, 0.3) is 0 Å². The molecule has 1 heterocycles. The molecule has 110 valence electrons. The maximum atomic E-state index is 13.5. The van der Waals surface area contributed by atoms with E-state index in [1.807, 2.05) is 0 Å². The second-order valence-corrected chi connectivity index (χ2v) is 5.40. The van der Waals surface area contributed by atoms with Crippen LogP contribution in [0.4, 0.5) is 4.39 Å². The van der Waals surface area contributed by atoms with Gasteiger partial charge in [0.1, 0.15) is 23.4 Å². The van der Waals surface area contributed by atoms with Crippen molar-refractivity contribution in [3.05, 3.63) is 58.4 Å². The number of hydrogen-bond donors (Lipinski definition) is 1. The summed E-state index contributed by atoms with van der Waals surface area (Å²) in [7, 11) is 1.56. The molecule has 1 aliphatic heterocycles. The predicted octanol–water partition coefficient (Wildman–Crippen LogP) is 4.04. The van der Waals surface area contributed by atoms with Crippen molar-refractivity contribution in [1.29, 1.82) is 0 Å². The Morgan fingerprint density at radius 1 is 1.29 bits per heavy atom. The SMILES string of the molecule is COc1ccc2c(c1)C(O)CC(c1cc(F)cc(Cl)c1)O2. The van der Waals surface area contributed by atoms with Crippen LogP contribution in [0.1, 0.15) is 29.8 Å². The molecule has 2 unspecified atom stereocenters. The zero-order valence-electron chi connectivity index (χ0n) is 11.3. The van der Waals surface area contributed by atoms with Gasteiger partial charge < -0.3 is 14.6 Å². The number of methoxy groups -OCH3 is 1. The van der Waals surface area contributed by atoms with Gasteiger partial charge in [-0.3, -0.25) is 0 Å². The number of aliphatic hydroxyl groups excluding tert-OH is 1. The second-order valence-electron chi connectivity index (χ2n) is 4.96. The lowest BCUT2D eigenvalue weighted by Gasteiger charge is -2.30. The van der Waals surface area contributed by atoms with Crippen LogP contribution in [0.3, 0.4) is 0 Å². The molecule has 2 aromatic carbocycles. The standard InChI is InChI=1S/C16H14ClFO3/c1-20-12-2-3-15-13(7-12)14(19)8-16(21-15)9-4-10(17)6-11(18)5-9/h2-7,14,16,19H,8H2,1H3. The van der Waals surface area contributed by atoms with Gasteiger partial charge in [-0.2, -0.15) is 0 Å². The summed E-state index contributed by atoms with van der Waals surface area (Å²) < 4.78 is 24.5. The van der Waals surface area contributed by atoms with Crippen molar-refractivity contribution in [2.45, 2.75) is 18.6 Å². The first-order valence-corrected chi connectivity index (χ1v) is 6.93. The Labute approximate surface area is 126 Å². The first-order valence-electron chi connectivity index (χ1n) is 6.55. The van der Waals surface area contributed by atoms with E-state index in [9.17, 15) is 9.50 Å². The first kappa shape index (κ1) is 14.2. The van der Waals surface area contributed by atoms with E-state index >= 15 is 0 Å². The van der Waals surface area contributed by atoms with Crippen LogP contribution in [-0.2, 0) is 0 Å². The van der Waals surface area contributed by atoms with E-state index in [0.29, 0.717) is 34.1 Å². The van der Waals surface area contributed by atoms with Crippen molar-refractivity contribution in [2.24, 2.45) is 0 Å². The summed E-state index contributed by atoms with van der Waals surface area (Å²) in [4.78, 5) is 0. The van der Waals surface area contributed by atoms with Crippen LogP contribution in [0.25, 0.3) is 0 Å². The Kier molecular flexibility index (Phi) is 3.74. The molecular weight excluding hydrogens is 295 g/mol. The molecular formula is C16H14ClFO3. The lowest BCUT2D eigenvalue weighted by molar-refractivity contribution is 0.0653. The van der Waals surface area contributed by atoms with Crippen molar-refractivity contribution in [3.8, 4) is 11.5 Å². The van der Waals surface area contributed by atoms with E-state index in [1.165, 1.54) is 12.1 Å². The van der Waals surface area contributed by atoms with Gasteiger partial charge in [-0.1, -0.05) is 11.6 Å². The monoisotopic (exact) mass is 308 g/mol. The predicted molar refractivity (Wildman–Crippen MR) is 77.3 cm³/mol. The highest BCUT2D eigenvalue weighted by molar-refractivity contribution is 6.30. The van der Waals surface area contributed by atoms with Crippen molar-refractivity contribution < 1.29 is 19.0 Å². The molecule has 3 rings (SSSR count). The zero-order chi connectivity index (χ0) is 15.0. The van der Waals surface area contributed by atoms with Gasteiger partial charge in [-0.05, 0) is 42.0 Å². The summed E-state index contributed by atoms with van der Waals surface area (Å²) >= 11 is 5.87. The highest BCUT2D eigenvalue weighted by Gasteiger charge is 2.29. The van der Waals surface area contributed by atoms with Crippen molar-refractivity contribution in [2.75, 3.05) is 7.11 Å². The molecule has 0 fully saturated rings. The number of fused-ring (bicyclic) bond motifs is 1. The van der Waals surface area contributed by atoms with Gasteiger partial charge in [0.2, 0.25) is 0 Å². The van der Waals surface area contributed by atoms with E-state index in [0.717, 1.165) is 0 Å². The van der Waals surface area contributed by atoms with E-state index < -0.39 is 18.0 Å². The number of benzene rings is 2. The Hall–Kier alpha value is -1.78. The normalized spacial score (nSPS) is 20.6. The Morgan fingerprint density at radius 2 is 2.10 bits per heavy atom. The van der Waals surface area contributed by atoms with Gasteiger partial charge in [0.15, 0.2) is 0 Å². The van der Waals surface area contributed by atoms with Crippen molar-refractivity contribution in [3.63, 3.8) is 0 Å². The molecule has 0 radical (unpaired) electrons. The third-order valence-electron chi connectivity index (χ3n) is 3.54. The molecule has 2 aromatic rings. The topological polar surface area (TPSA) is 38.7 Å². The van der Waals surface area contributed by atoms with Gasteiger partial charge in [-0.25, -0.2) is 4.39 Å². The third kappa shape index (κ3) is 2.82. The number of hydrogen-bond acceptors (Lipinski definition) is 3. The fraction of sp³-hybridized carbons (Fsp3) is 0.250. The lowest BCUT2D eigenvalue weighted by atomic mass is 9.95. The van der Waals surface area contributed by atoms with Crippen LogP contribution >= 0.6 is 11.6 Å². The Morgan fingerprint density at radius 3 is 2.81 bits per heavy atom. The largest absolute Gasteiger partial charge is 0.497 e.